The molecule has 21 heavy (non-hydrogen) atoms. The molecule has 0 fully saturated rings. The molecule has 0 heterocycles. The maximum Gasteiger partial charge on any atom is 0.196 e. The summed E-state index contributed by atoms with van der Waals surface area (Å²) in [6.45, 7) is 0. The molecule has 2 aromatic rings. The lowest BCUT2D eigenvalue weighted by Crippen LogP contribution is -2.05. The molecule has 0 bridgehead atoms. The molecule has 0 atom stereocenters. The average molecular weight is 435 g/mol. The van der Waals surface area contributed by atoms with E-state index in [0.717, 1.165) is 4.47 Å². The van der Waals surface area contributed by atoms with E-state index in [1.54, 1.807) is 30.3 Å². The van der Waals surface area contributed by atoms with Crippen molar-refractivity contribution in [2.24, 2.45) is 0 Å². The zero-order valence-corrected chi connectivity index (χ0v) is 15.2. The average Bonchev–Trinajstić information content (AvgIpc) is 2.49. The van der Waals surface area contributed by atoms with E-state index in [1.165, 1.54) is 14.2 Å². The third-order valence-corrected chi connectivity index (χ3v) is 4.75. The second kappa shape index (κ2) is 6.81. The highest BCUT2D eigenvalue weighted by atomic mass is 79.9. The lowest BCUT2D eigenvalue weighted by molar-refractivity contribution is 0.103. The SMILES string of the molecule is COc1cc(C(=O)c2ccc(Br)c(Cl)c2)c(OC)cc1Br. The number of benzene rings is 2. The molecule has 110 valence electrons. The molecule has 0 aromatic heterocycles. The van der Waals surface area contributed by atoms with Crippen LogP contribution in [0.3, 0.4) is 0 Å². The van der Waals surface area contributed by atoms with Gasteiger partial charge >= 0.3 is 0 Å². The zero-order chi connectivity index (χ0) is 15.6. The predicted molar refractivity (Wildman–Crippen MR) is 89.8 cm³/mol. The summed E-state index contributed by atoms with van der Waals surface area (Å²) in [6.07, 6.45) is 0. The number of hydrogen-bond acceptors (Lipinski definition) is 3. The molecule has 0 aliphatic rings. The van der Waals surface area contributed by atoms with Crippen LogP contribution in [0.2, 0.25) is 5.02 Å². The second-order valence-electron chi connectivity index (χ2n) is 4.15. The number of halogens is 3. The molecule has 0 aliphatic carbocycles. The van der Waals surface area contributed by atoms with Crippen molar-refractivity contribution >= 4 is 49.2 Å². The molecule has 0 spiro atoms. The van der Waals surface area contributed by atoms with Crippen molar-refractivity contribution < 1.29 is 14.3 Å². The largest absolute Gasteiger partial charge is 0.496 e. The van der Waals surface area contributed by atoms with Crippen LogP contribution in [0.25, 0.3) is 0 Å². The fourth-order valence-electron chi connectivity index (χ4n) is 1.83. The maximum absolute atomic E-state index is 12.6. The summed E-state index contributed by atoms with van der Waals surface area (Å²) in [7, 11) is 3.05. The number of ether oxygens (including phenoxy) is 2. The Morgan fingerprint density at radius 2 is 1.67 bits per heavy atom. The van der Waals surface area contributed by atoms with E-state index < -0.39 is 0 Å². The van der Waals surface area contributed by atoms with Gasteiger partial charge in [0.1, 0.15) is 11.5 Å². The van der Waals surface area contributed by atoms with Gasteiger partial charge in [-0.2, -0.15) is 0 Å². The molecule has 3 nitrogen and oxygen atoms in total. The maximum atomic E-state index is 12.6. The number of carbonyl (C=O) groups excluding carboxylic acids is 1. The summed E-state index contributed by atoms with van der Waals surface area (Å²) in [4.78, 5) is 12.6. The Balaban J connectivity index is 2.53. The summed E-state index contributed by atoms with van der Waals surface area (Å²) in [5.74, 6) is 0.834. The van der Waals surface area contributed by atoms with Crippen molar-refractivity contribution in [1.82, 2.24) is 0 Å². The van der Waals surface area contributed by atoms with Crippen LogP contribution in [0.15, 0.2) is 39.3 Å². The fraction of sp³-hybridized carbons (Fsp3) is 0.133. The Bertz CT molecular complexity index is 702. The van der Waals surface area contributed by atoms with E-state index in [-0.39, 0.29) is 5.78 Å². The second-order valence-corrected chi connectivity index (χ2v) is 6.26. The Morgan fingerprint density at radius 1 is 1.00 bits per heavy atom. The number of rotatable bonds is 4. The predicted octanol–water partition coefficient (Wildman–Crippen LogP) is 5.11. The molecule has 0 saturated heterocycles. The van der Waals surface area contributed by atoms with E-state index in [1.807, 2.05) is 0 Å². The van der Waals surface area contributed by atoms with Crippen molar-refractivity contribution in [3.8, 4) is 11.5 Å². The van der Waals surface area contributed by atoms with Crippen LogP contribution in [0.1, 0.15) is 15.9 Å². The van der Waals surface area contributed by atoms with E-state index in [4.69, 9.17) is 21.1 Å². The summed E-state index contributed by atoms with van der Waals surface area (Å²) in [5.41, 5.74) is 0.891. The van der Waals surface area contributed by atoms with Crippen LogP contribution in [0, 0.1) is 0 Å². The monoisotopic (exact) mass is 432 g/mol. The molecule has 0 amide bonds. The van der Waals surface area contributed by atoms with Gasteiger partial charge in [0.25, 0.3) is 0 Å². The van der Waals surface area contributed by atoms with Crippen LogP contribution < -0.4 is 9.47 Å². The van der Waals surface area contributed by atoms with Crippen molar-refractivity contribution in [1.29, 1.82) is 0 Å². The van der Waals surface area contributed by atoms with Crippen molar-refractivity contribution in [2.75, 3.05) is 14.2 Å². The molecule has 6 heteroatoms. The first-order chi connectivity index (χ1) is 9.97. The van der Waals surface area contributed by atoms with Gasteiger partial charge in [0.05, 0.1) is 29.3 Å². The first kappa shape index (κ1) is 16.3. The molecular formula is C15H11Br2ClO3. The summed E-state index contributed by atoms with van der Waals surface area (Å²) in [6, 6.07) is 8.39. The van der Waals surface area contributed by atoms with Crippen LogP contribution in [-0.2, 0) is 0 Å². The normalized spacial score (nSPS) is 10.3. The summed E-state index contributed by atoms with van der Waals surface area (Å²) >= 11 is 12.7. The zero-order valence-electron chi connectivity index (χ0n) is 11.2. The first-order valence-corrected chi connectivity index (χ1v) is 7.85. The van der Waals surface area contributed by atoms with E-state index >= 15 is 0 Å². The van der Waals surface area contributed by atoms with Gasteiger partial charge in [-0.3, -0.25) is 4.79 Å². The standard InChI is InChI=1S/C15H11Br2ClO3/c1-20-13-7-11(17)14(21-2)6-9(13)15(19)8-3-4-10(16)12(18)5-8/h3-7H,1-2H3. The fourth-order valence-corrected chi connectivity index (χ4v) is 2.74. The molecule has 0 unspecified atom stereocenters. The van der Waals surface area contributed by atoms with Gasteiger partial charge in [0.2, 0.25) is 0 Å². The number of methoxy groups -OCH3 is 2. The van der Waals surface area contributed by atoms with Gasteiger partial charge in [0, 0.05) is 10.0 Å². The molecule has 0 N–H and O–H groups in total. The highest BCUT2D eigenvalue weighted by Crippen LogP contribution is 2.34. The highest BCUT2D eigenvalue weighted by Gasteiger charge is 2.18. The van der Waals surface area contributed by atoms with Gasteiger partial charge in [-0.15, -0.1) is 0 Å². The van der Waals surface area contributed by atoms with E-state index in [2.05, 4.69) is 31.9 Å². The molecule has 2 rings (SSSR count). The quantitative estimate of drug-likeness (QED) is 0.627. The lowest BCUT2D eigenvalue weighted by Gasteiger charge is -2.12. The van der Waals surface area contributed by atoms with Gasteiger partial charge in [-0.25, -0.2) is 0 Å². The number of ketones is 1. The summed E-state index contributed by atoms with van der Waals surface area (Å²) in [5, 5.41) is 0.476. The Morgan fingerprint density at radius 3 is 2.24 bits per heavy atom. The lowest BCUT2D eigenvalue weighted by atomic mass is 10.0. The van der Waals surface area contributed by atoms with Gasteiger partial charge in [-0.05, 0) is 62.2 Å². The smallest absolute Gasteiger partial charge is 0.196 e. The van der Waals surface area contributed by atoms with Crippen LogP contribution in [-0.4, -0.2) is 20.0 Å². The van der Waals surface area contributed by atoms with Crippen LogP contribution in [0.5, 0.6) is 11.5 Å². The van der Waals surface area contributed by atoms with E-state index in [9.17, 15) is 4.79 Å². The minimum Gasteiger partial charge on any atom is -0.496 e. The molecule has 0 radical (unpaired) electrons. The van der Waals surface area contributed by atoms with Crippen molar-refractivity contribution in [3.05, 3.63) is 55.4 Å². The summed E-state index contributed by atoms with van der Waals surface area (Å²) < 4.78 is 12.0. The number of hydrogen-bond donors (Lipinski definition) is 0. The third-order valence-electron chi connectivity index (χ3n) is 2.90. The highest BCUT2D eigenvalue weighted by molar-refractivity contribution is 9.10. The molecule has 0 saturated carbocycles. The first-order valence-electron chi connectivity index (χ1n) is 5.89. The van der Waals surface area contributed by atoms with Gasteiger partial charge < -0.3 is 9.47 Å². The van der Waals surface area contributed by atoms with Crippen molar-refractivity contribution in [2.45, 2.75) is 0 Å². The van der Waals surface area contributed by atoms with Crippen LogP contribution >= 0.6 is 43.5 Å². The Kier molecular flexibility index (Phi) is 5.30. The van der Waals surface area contributed by atoms with Gasteiger partial charge in [0.15, 0.2) is 5.78 Å². The third kappa shape index (κ3) is 3.42. The molecule has 0 aliphatic heterocycles. The van der Waals surface area contributed by atoms with Crippen molar-refractivity contribution in [3.63, 3.8) is 0 Å². The minimum atomic E-state index is -0.188. The Labute approximate surface area is 144 Å². The minimum absolute atomic E-state index is 0.188. The molecule has 2 aromatic carbocycles. The van der Waals surface area contributed by atoms with Crippen LogP contribution in [0.4, 0.5) is 0 Å². The molecular weight excluding hydrogens is 423 g/mol. The number of carbonyl (C=O) groups is 1. The van der Waals surface area contributed by atoms with E-state index in [0.29, 0.717) is 32.1 Å². The topological polar surface area (TPSA) is 35.5 Å². The Hall–Kier alpha value is -1.04. The van der Waals surface area contributed by atoms with Gasteiger partial charge in [-0.1, -0.05) is 11.6 Å².